The summed E-state index contributed by atoms with van der Waals surface area (Å²) < 4.78 is 6.91. The van der Waals surface area contributed by atoms with Crippen LogP contribution in [0.25, 0.3) is 0 Å². The van der Waals surface area contributed by atoms with Gasteiger partial charge in [-0.3, -0.25) is 4.98 Å². The predicted molar refractivity (Wildman–Crippen MR) is 80.2 cm³/mol. The van der Waals surface area contributed by atoms with Crippen LogP contribution in [0.1, 0.15) is 17.0 Å². The van der Waals surface area contributed by atoms with Gasteiger partial charge in [-0.05, 0) is 31.7 Å². The van der Waals surface area contributed by atoms with Gasteiger partial charge < -0.3 is 10.5 Å². The van der Waals surface area contributed by atoms with Gasteiger partial charge in [0.05, 0.1) is 5.69 Å². The summed E-state index contributed by atoms with van der Waals surface area (Å²) in [7, 11) is 0. The highest BCUT2D eigenvalue weighted by Crippen LogP contribution is 2.21. The molecule has 100 valence electrons. The number of benzene rings is 1. The summed E-state index contributed by atoms with van der Waals surface area (Å²) in [6.07, 6.45) is 0.729. The second kappa shape index (κ2) is 6.68. The highest BCUT2D eigenvalue weighted by Gasteiger charge is 2.06. The van der Waals surface area contributed by atoms with E-state index in [1.807, 2.05) is 43.3 Å². The minimum absolute atomic E-state index is 0.518. The summed E-state index contributed by atoms with van der Waals surface area (Å²) >= 11 is 3.52. The number of ether oxygens (including phenoxy) is 1. The third-order valence-electron chi connectivity index (χ3n) is 2.79. The molecule has 0 bridgehead atoms. The van der Waals surface area contributed by atoms with Gasteiger partial charge in [0.15, 0.2) is 0 Å². The van der Waals surface area contributed by atoms with Crippen LogP contribution in [0.2, 0.25) is 0 Å². The second-order valence-electron chi connectivity index (χ2n) is 4.32. The monoisotopic (exact) mass is 320 g/mol. The maximum Gasteiger partial charge on any atom is 0.141 e. The summed E-state index contributed by atoms with van der Waals surface area (Å²) in [4.78, 5) is 4.48. The van der Waals surface area contributed by atoms with E-state index in [0.29, 0.717) is 13.2 Å². The molecule has 1 aromatic heterocycles. The Hall–Kier alpha value is -1.39. The number of nitrogens with two attached hydrogens (primary N) is 1. The van der Waals surface area contributed by atoms with E-state index in [2.05, 4.69) is 20.9 Å². The van der Waals surface area contributed by atoms with Crippen molar-refractivity contribution in [3.8, 4) is 5.75 Å². The number of rotatable bonds is 5. The van der Waals surface area contributed by atoms with Gasteiger partial charge in [-0.25, -0.2) is 0 Å². The average molecular weight is 321 g/mol. The van der Waals surface area contributed by atoms with Crippen molar-refractivity contribution in [2.75, 3.05) is 6.54 Å². The Kier molecular flexibility index (Phi) is 4.93. The second-order valence-corrected chi connectivity index (χ2v) is 5.17. The third kappa shape index (κ3) is 3.78. The maximum atomic E-state index is 5.86. The van der Waals surface area contributed by atoms with Crippen molar-refractivity contribution in [3.63, 3.8) is 0 Å². The molecule has 0 amide bonds. The van der Waals surface area contributed by atoms with Crippen LogP contribution in [0.3, 0.4) is 0 Å². The first-order valence-electron chi connectivity index (χ1n) is 6.23. The van der Waals surface area contributed by atoms with Crippen LogP contribution in [0.15, 0.2) is 40.9 Å². The fraction of sp³-hybridized carbons (Fsp3) is 0.267. The van der Waals surface area contributed by atoms with Crippen LogP contribution in [-0.4, -0.2) is 11.5 Å². The molecule has 0 atom stereocenters. The van der Waals surface area contributed by atoms with Gasteiger partial charge >= 0.3 is 0 Å². The number of pyridine rings is 1. The maximum absolute atomic E-state index is 5.86. The van der Waals surface area contributed by atoms with Crippen molar-refractivity contribution in [2.45, 2.75) is 20.0 Å². The molecule has 0 saturated carbocycles. The first-order chi connectivity index (χ1) is 9.20. The number of aromatic nitrogens is 1. The smallest absolute Gasteiger partial charge is 0.141 e. The van der Waals surface area contributed by atoms with Crippen LogP contribution in [0, 0.1) is 6.92 Å². The molecule has 19 heavy (non-hydrogen) atoms. The molecule has 0 radical (unpaired) electrons. The van der Waals surface area contributed by atoms with Gasteiger partial charge in [0.2, 0.25) is 0 Å². The zero-order valence-corrected chi connectivity index (χ0v) is 12.5. The van der Waals surface area contributed by atoms with Crippen molar-refractivity contribution in [2.24, 2.45) is 5.73 Å². The van der Waals surface area contributed by atoms with Crippen molar-refractivity contribution in [1.82, 2.24) is 4.98 Å². The average Bonchev–Trinajstić information content (AvgIpc) is 2.40. The minimum atomic E-state index is 0.518. The molecule has 2 N–H and O–H groups in total. The third-order valence-corrected chi connectivity index (χ3v) is 3.57. The first-order valence-corrected chi connectivity index (χ1v) is 7.03. The van der Waals surface area contributed by atoms with Gasteiger partial charge in [-0.15, -0.1) is 0 Å². The van der Waals surface area contributed by atoms with Gasteiger partial charge in [0, 0.05) is 22.2 Å². The van der Waals surface area contributed by atoms with E-state index in [9.17, 15) is 0 Å². The molecule has 0 aliphatic carbocycles. The van der Waals surface area contributed by atoms with E-state index in [1.165, 1.54) is 0 Å². The van der Waals surface area contributed by atoms with Crippen LogP contribution >= 0.6 is 15.9 Å². The fourth-order valence-electron chi connectivity index (χ4n) is 1.82. The molecule has 0 fully saturated rings. The lowest BCUT2D eigenvalue weighted by molar-refractivity contribution is 0.300. The number of halogens is 1. The van der Waals surface area contributed by atoms with Crippen molar-refractivity contribution in [3.05, 3.63) is 57.8 Å². The van der Waals surface area contributed by atoms with Crippen molar-refractivity contribution in [1.29, 1.82) is 0 Å². The Labute approximate surface area is 121 Å². The highest BCUT2D eigenvalue weighted by atomic mass is 79.9. The molecule has 0 aliphatic rings. The normalized spacial score (nSPS) is 10.5. The molecule has 2 aromatic rings. The molecule has 3 nitrogen and oxygen atoms in total. The minimum Gasteiger partial charge on any atom is -0.487 e. The summed E-state index contributed by atoms with van der Waals surface area (Å²) in [5.74, 6) is 0.812. The Balaban J connectivity index is 2.13. The lowest BCUT2D eigenvalue weighted by atomic mass is 10.2. The Morgan fingerprint density at radius 2 is 2.00 bits per heavy atom. The van der Waals surface area contributed by atoms with Gasteiger partial charge in [0.25, 0.3) is 0 Å². The Morgan fingerprint density at radius 3 is 2.74 bits per heavy atom. The quantitative estimate of drug-likeness (QED) is 0.920. The lowest BCUT2D eigenvalue weighted by Crippen LogP contribution is -2.08. The number of hydrogen-bond acceptors (Lipinski definition) is 3. The molecule has 0 spiro atoms. The standard InChI is InChI=1S/C15H17BrN2O/c1-11-6-7-15(14(18-11)8-9-17)19-10-12-4-2-3-5-13(12)16/h2-7H,8-10,17H2,1H3. The molecule has 4 heteroatoms. The Bertz CT molecular complexity index is 558. The van der Waals surface area contributed by atoms with E-state index in [-0.39, 0.29) is 0 Å². The summed E-state index contributed by atoms with van der Waals surface area (Å²) in [5, 5.41) is 0. The summed E-state index contributed by atoms with van der Waals surface area (Å²) in [6.45, 7) is 3.06. The van der Waals surface area contributed by atoms with Crippen molar-refractivity contribution < 1.29 is 4.74 Å². The topological polar surface area (TPSA) is 48.1 Å². The SMILES string of the molecule is Cc1ccc(OCc2ccccc2Br)c(CCN)n1. The molecular formula is C15H17BrN2O. The molecule has 2 rings (SSSR count). The Morgan fingerprint density at radius 1 is 1.21 bits per heavy atom. The summed E-state index contributed by atoms with van der Waals surface area (Å²) in [6, 6.07) is 11.9. The summed E-state index contributed by atoms with van der Waals surface area (Å²) in [5.41, 5.74) is 8.63. The van der Waals surface area contributed by atoms with Crippen LogP contribution in [0.4, 0.5) is 0 Å². The lowest BCUT2D eigenvalue weighted by Gasteiger charge is -2.12. The number of hydrogen-bond donors (Lipinski definition) is 1. The molecule has 0 saturated heterocycles. The van der Waals surface area contributed by atoms with E-state index in [4.69, 9.17) is 10.5 Å². The van der Waals surface area contributed by atoms with Crippen molar-refractivity contribution >= 4 is 15.9 Å². The van der Waals surface area contributed by atoms with E-state index in [1.54, 1.807) is 0 Å². The largest absolute Gasteiger partial charge is 0.487 e. The van der Waals surface area contributed by atoms with E-state index in [0.717, 1.165) is 33.6 Å². The molecule has 1 aromatic carbocycles. The van der Waals surface area contributed by atoms with Gasteiger partial charge in [0.1, 0.15) is 12.4 Å². The predicted octanol–water partition coefficient (Wildman–Crippen LogP) is 3.23. The fourth-order valence-corrected chi connectivity index (χ4v) is 2.22. The first kappa shape index (κ1) is 14.0. The van der Waals surface area contributed by atoms with Gasteiger partial charge in [-0.1, -0.05) is 34.1 Å². The zero-order valence-electron chi connectivity index (χ0n) is 10.9. The molecule has 0 unspecified atom stereocenters. The van der Waals surface area contributed by atoms with Crippen LogP contribution < -0.4 is 10.5 Å². The van der Waals surface area contributed by atoms with Crippen LogP contribution in [-0.2, 0) is 13.0 Å². The van der Waals surface area contributed by atoms with E-state index >= 15 is 0 Å². The number of nitrogens with zero attached hydrogens (tertiary/aromatic N) is 1. The molecule has 1 heterocycles. The number of aryl methyl sites for hydroxylation is 1. The molecular weight excluding hydrogens is 304 g/mol. The highest BCUT2D eigenvalue weighted by molar-refractivity contribution is 9.10. The zero-order chi connectivity index (χ0) is 13.7. The van der Waals surface area contributed by atoms with Gasteiger partial charge in [-0.2, -0.15) is 0 Å². The van der Waals surface area contributed by atoms with Crippen LogP contribution in [0.5, 0.6) is 5.75 Å². The molecule has 0 aliphatic heterocycles. The van der Waals surface area contributed by atoms with E-state index < -0.39 is 0 Å².